The van der Waals surface area contributed by atoms with Crippen LogP contribution >= 0.6 is 0 Å². The predicted molar refractivity (Wildman–Crippen MR) is 79.4 cm³/mol. The van der Waals surface area contributed by atoms with Crippen LogP contribution in [0.2, 0.25) is 0 Å². The molecule has 1 saturated carbocycles. The van der Waals surface area contributed by atoms with Gasteiger partial charge in [-0.2, -0.15) is 0 Å². The molecule has 21 heavy (non-hydrogen) atoms. The average molecular weight is 293 g/mol. The quantitative estimate of drug-likeness (QED) is 0.843. The van der Waals surface area contributed by atoms with Crippen LogP contribution in [0.25, 0.3) is 0 Å². The summed E-state index contributed by atoms with van der Waals surface area (Å²) >= 11 is 0. The molecule has 0 aromatic heterocycles. The standard InChI is InChI=1S/C16H23NO4/c1-3-20-12-6-4-7-13(10-12)21-14-8-5-9-16(17,11-14)15(18)19-2/h4,6-7,10,14H,3,5,8-9,11,17H2,1-2H3. The van der Waals surface area contributed by atoms with Gasteiger partial charge in [0.1, 0.15) is 23.1 Å². The molecular formula is C16H23NO4. The third-order valence-electron chi connectivity index (χ3n) is 3.75. The molecule has 0 bridgehead atoms. The lowest BCUT2D eigenvalue weighted by atomic mass is 9.81. The van der Waals surface area contributed by atoms with Gasteiger partial charge in [0.25, 0.3) is 0 Å². The lowest BCUT2D eigenvalue weighted by molar-refractivity contribution is -0.149. The number of carbonyl (C=O) groups excluding carboxylic acids is 1. The molecule has 5 heteroatoms. The largest absolute Gasteiger partial charge is 0.494 e. The van der Waals surface area contributed by atoms with Crippen LogP contribution in [0.15, 0.2) is 24.3 Å². The van der Waals surface area contributed by atoms with E-state index in [0.717, 1.165) is 24.3 Å². The molecule has 0 saturated heterocycles. The van der Waals surface area contributed by atoms with Crippen molar-refractivity contribution in [3.63, 3.8) is 0 Å². The number of esters is 1. The number of rotatable bonds is 5. The van der Waals surface area contributed by atoms with Crippen LogP contribution in [0.4, 0.5) is 0 Å². The number of hydrogen-bond donors (Lipinski definition) is 1. The van der Waals surface area contributed by atoms with E-state index >= 15 is 0 Å². The van der Waals surface area contributed by atoms with Gasteiger partial charge in [-0.1, -0.05) is 6.07 Å². The number of nitrogens with two attached hydrogens (primary N) is 1. The van der Waals surface area contributed by atoms with Crippen LogP contribution in [-0.4, -0.2) is 31.3 Å². The van der Waals surface area contributed by atoms with Crippen molar-refractivity contribution in [2.75, 3.05) is 13.7 Å². The molecule has 5 nitrogen and oxygen atoms in total. The van der Waals surface area contributed by atoms with Crippen LogP contribution in [0, 0.1) is 0 Å². The molecule has 2 N–H and O–H groups in total. The first kappa shape index (κ1) is 15.6. The van der Waals surface area contributed by atoms with Crippen molar-refractivity contribution in [2.24, 2.45) is 5.73 Å². The molecule has 2 rings (SSSR count). The summed E-state index contributed by atoms with van der Waals surface area (Å²) in [5.41, 5.74) is 5.22. The smallest absolute Gasteiger partial charge is 0.325 e. The van der Waals surface area contributed by atoms with Gasteiger partial charge in [0.15, 0.2) is 0 Å². The van der Waals surface area contributed by atoms with Crippen molar-refractivity contribution in [1.29, 1.82) is 0 Å². The molecule has 0 spiro atoms. The Labute approximate surface area is 125 Å². The highest BCUT2D eigenvalue weighted by molar-refractivity contribution is 5.80. The lowest BCUT2D eigenvalue weighted by Crippen LogP contribution is -2.53. The van der Waals surface area contributed by atoms with E-state index in [2.05, 4.69) is 0 Å². The molecule has 0 radical (unpaired) electrons. The molecule has 1 aliphatic rings. The third kappa shape index (κ3) is 3.88. The minimum absolute atomic E-state index is 0.0836. The van der Waals surface area contributed by atoms with Crippen LogP contribution in [0.5, 0.6) is 11.5 Å². The first-order chi connectivity index (χ1) is 10.1. The summed E-state index contributed by atoms with van der Waals surface area (Å²) < 4.78 is 16.2. The van der Waals surface area contributed by atoms with E-state index in [-0.39, 0.29) is 12.1 Å². The molecule has 116 valence electrons. The zero-order chi connectivity index (χ0) is 15.3. The molecule has 0 amide bonds. The summed E-state index contributed by atoms with van der Waals surface area (Å²) in [5.74, 6) is 1.15. The highest BCUT2D eigenvalue weighted by atomic mass is 16.5. The summed E-state index contributed by atoms with van der Waals surface area (Å²) in [6.07, 6.45) is 2.76. The van der Waals surface area contributed by atoms with Gasteiger partial charge in [-0.05, 0) is 38.3 Å². The molecular weight excluding hydrogens is 270 g/mol. The van der Waals surface area contributed by atoms with Gasteiger partial charge in [-0.25, -0.2) is 0 Å². The zero-order valence-electron chi connectivity index (χ0n) is 12.6. The van der Waals surface area contributed by atoms with Gasteiger partial charge in [-0.3, -0.25) is 4.79 Å². The second-order valence-corrected chi connectivity index (χ2v) is 5.39. The Hall–Kier alpha value is -1.75. The van der Waals surface area contributed by atoms with E-state index < -0.39 is 5.54 Å². The van der Waals surface area contributed by atoms with E-state index in [1.807, 2.05) is 31.2 Å². The molecule has 0 heterocycles. The molecule has 1 aliphatic carbocycles. The Bertz CT molecular complexity index is 491. The maximum atomic E-state index is 11.8. The fourth-order valence-electron chi connectivity index (χ4n) is 2.74. The number of benzene rings is 1. The Balaban J connectivity index is 2.02. The van der Waals surface area contributed by atoms with Gasteiger partial charge in [0.2, 0.25) is 0 Å². The number of ether oxygens (including phenoxy) is 3. The summed E-state index contributed by atoms with van der Waals surface area (Å²) in [4.78, 5) is 11.8. The number of hydrogen-bond acceptors (Lipinski definition) is 5. The number of carbonyl (C=O) groups is 1. The molecule has 1 aromatic rings. The van der Waals surface area contributed by atoms with Gasteiger partial charge in [0.05, 0.1) is 13.7 Å². The van der Waals surface area contributed by atoms with E-state index in [1.54, 1.807) is 0 Å². The van der Waals surface area contributed by atoms with Crippen molar-refractivity contribution >= 4 is 5.97 Å². The van der Waals surface area contributed by atoms with E-state index in [9.17, 15) is 4.79 Å². The van der Waals surface area contributed by atoms with Gasteiger partial charge in [0, 0.05) is 12.5 Å². The van der Waals surface area contributed by atoms with E-state index in [1.165, 1.54) is 7.11 Å². The zero-order valence-corrected chi connectivity index (χ0v) is 12.6. The highest BCUT2D eigenvalue weighted by Gasteiger charge is 2.41. The average Bonchev–Trinajstić information content (AvgIpc) is 2.47. The van der Waals surface area contributed by atoms with E-state index in [0.29, 0.717) is 19.4 Å². The molecule has 2 atom stereocenters. The van der Waals surface area contributed by atoms with Gasteiger partial charge >= 0.3 is 5.97 Å². The molecule has 0 aliphatic heterocycles. The minimum Gasteiger partial charge on any atom is -0.494 e. The molecule has 1 fully saturated rings. The topological polar surface area (TPSA) is 70.8 Å². The fraction of sp³-hybridized carbons (Fsp3) is 0.562. The maximum Gasteiger partial charge on any atom is 0.325 e. The Kier molecular flexibility index (Phi) is 5.07. The highest BCUT2D eigenvalue weighted by Crippen LogP contribution is 2.31. The normalized spacial score (nSPS) is 25.2. The Morgan fingerprint density at radius 3 is 2.90 bits per heavy atom. The maximum absolute atomic E-state index is 11.8. The molecule has 1 aromatic carbocycles. The second kappa shape index (κ2) is 6.80. The van der Waals surface area contributed by atoms with Crippen LogP contribution in [-0.2, 0) is 9.53 Å². The summed E-state index contributed by atoms with van der Waals surface area (Å²) in [6, 6.07) is 7.51. The van der Waals surface area contributed by atoms with Crippen molar-refractivity contribution < 1.29 is 19.0 Å². The monoisotopic (exact) mass is 293 g/mol. The fourth-order valence-corrected chi connectivity index (χ4v) is 2.74. The summed E-state index contributed by atoms with van der Waals surface area (Å²) in [7, 11) is 1.37. The first-order valence-electron chi connectivity index (χ1n) is 7.34. The van der Waals surface area contributed by atoms with Crippen LogP contribution < -0.4 is 15.2 Å². The second-order valence-electron chi connectivity index (χ2n) is 5.39. The lowest BCUT2D eigenvalue weighted by Gasteiger charge is -2.35. The van der Waals surface area contributed by atoms with E-state index in [4.69, 9.17) is 19.9 Å². The summed E-state index contributed by atoms with van der Waals surface area (Å²) in [5, 5.41) is 0. The SMILES string of the molecule is CCOc1cccc(OC2CCCC(N)(C(=O)OC)C2)c1. The minimum atomic E-state index is -0.935. The number of methoxy groups -OCH3 is 1. The third-order valence-corrected chi connectivity index (χ3v) is 3.75. The van der Waals surface area contributed by atoms with Crippen molar-refractivity contribution in [3.05, 3.63) is 24.3 Å². The Morgan fingerprint density at radius 1 is 1.43 bits per heavy atom. The van der Waals surface area contributed by atoms with Crippen molar-refractivity contribution in [1.82, 2.24) is 0 Å². The van der Waals surface area contributed by atoms with Crippen LogP contribution in [0.3, 0.4) is 0 Å². The summed E-state index contributed by atoms with van der Waals surface area (Å²) in [6.45, 7) is 2.55. The Morgan fingerprint density at radius 2 is 2.19 bits per heavy atom. The molecule has 2 unspecified atom stereocenters. The predicted octanol–water partition coefficient (Wildman–Crippen LogP) is 2.28. The van der Waals surface area contributed by atoms with Crippen molar-refractivity contribution in [2.45, 2.75) is 44.2 Å². The van der Waals surface area contributed by atoms with Crippen LogP contribution in [0.1, 0.15) is 32.6 Å². The van der Waals surface area contributed by atoms with Crippen molar-refractivity contribution in [3.8, 4) is 11.5 Å². The van der Waals surface area contributed by atoms with Gasteiger partial charge < -0.3 is 19.9 Å². The first-order valence-corrected chi connectivity index (χ1v) is 7.34. The van der Waals surface area contributed by atoms with Gasteiger partial charge in [-0.15, -0.1) is 0 Å².